The lowest BCUT2D eigenvalue weighted by molar-refractivity contribution is -0.115. The summed E-state index contributed by atoms with van der Waals surface area (Å²) < 4.78 is 15.4. The molecule has 6 nitrogen and oxygen atoms in total. The van der Waals surface area contributed by atoms with Gasteiger partial charge in [-0.15, -0.1) is 10.2 Å². The van der Waals surface area contributed by atoms with Gasteiger partial charge in [-0.2, -0.15) is 0 Å². The molecular formula is C27H26FN5OS. The van der Waals surface area contributed by atoms with Crippen molar-refractivity contribution < 1.29 is 9.18 Å². The van der Waals surface area contributed by atoms with Gasteiger partial charge in [0.2, 0.25) is 5.91 Å². The molecule has 5 rings (SSSR count). The third-order valence-corrected chi connectivity index (χ3v) is 7.15. The molecule has 1 saturated heterocycles. The number of benzene rings is 3. The molecule has 0 radical (unpaired) electrons. The zero-order chi connectivity index (χ0) is 24.0. The van der Waals surface area contributed by atoms with Gasteiger partial charge in [0.15, 0.2) is 11.0 Å². The second-order valence-corrected chi connectivity index (χ2v) is 9.53. The van der Waals surface area contributed by atoms with Crippen molar-refractivity contribution in [2.24, 2.45) is 0 Å². The van der Waals surface area contributed by atoms with Crippen LogP contribution in [0.15, 0.2) is 90.1 Å². The minimum atomic E-state index is -0.576. The van der Waals surface area contributed by atoms with Crippen LogP contribution in [0.2, 0.25) is 0 Å². The largest absolute Gasteiger partial charge is 0.325 e. The Morgan fingerprint density at radius 1 is 0.914 bits per heavy atom. The highest BCUT2D eigenvalue weighted by molar-refractivity contribution is 8.00. The minimum Gasteiger partial charge on any atom is -0.325 e. The zero-order valence-electron chi connectivity index (χ0n) is 19.2. The molecular weight excluding hydrogens is 461 g/mol. The molecule has 0 saturated carbocycles. The van der Waals surface area contributed by atoms with E-state index in [4.69, 9.17) is 0 Å². The molecule has 1 atom stereocenters. The first kappa shape index (κ1) is 23.3. The van der Waals surface area contributed by atoms with Gasteiger partial charge in [0.05, 0.1) is 6.54 Å². The molecule has 0 aliphatic carbocycles. The molecule has 4 aromatic rings. The number of hydrogen-bond donors (Lipinski definition) is 1. The van der Waals surface area contributed by atoms with Crippen molar-refractivity contribution in [1.29, 1.82) is 0 Å². The number of amides is 1. The van der Waals surface area contributed by atoms with Gasteiger partial charge in [-0.25, -0.2) is 4.39 Å². The summed E-state index contributed by atoms with van der Waals surface area (Å²) in [6.45, 7) is 2.81. The molecule has 1 aliphatic heterocycles. The van der Waals surface area contributed by atoms with E-state index in [0.29, 0.717) is 17.4 Å². The average molecular weight is 488 g/mol. The fraction of sp³-hybridized carbons (Fsp3) is 0.222. The van der Waals surface area contributed by atoms with E-state index in [-0.39, 0.29) is 11.7 Å². The second kappa shape index (κ2) is 10.8. The Labute approximate surface area is 208 Å². The lowest BCUT2D eigenvalue weighted by Crippen LogP contribution is -2.21. The Balaban J connectivity index is 1.48. The Kier molecular flexibility index (Phi) is 7.20. The maximum absolute atomic E-state index is 13.4. The van der Waals surface area contributed by atoms with Crippen molar-refractivity contribution in [3.63, 3.8) is 0 Å². The summed E-state index contributed by atoms with van der Waals surface area (Å²) in [5, 5.41) is 12.0. The topological polar surface area (TPSA) is 63.1 Å². The third kappa shape index (κ3) is 5.61. The molecule has 1 unspecified atom stereocenters. The Hall–Kier alpha value is -3.49. The van der Waals surface area contributed by atoms with E-state index in [1.807, 2.05) is 65.2 Å². The van der Waals surface area contributed by atoms with Crippen molar-refractivity contribution in [2.45, 2.75) is 29.8 Å². The molecule has 0 bridgehead atoms. The second-order valence-electron chi connectivity index (χ2n) is 8.46. The number of rotatable bonds is 8. The fourth-order valence-corrected chi connectivity index (χ4v) is 5.28. The van der Waals surface area contributed by atoms with E-state index >= 15 is 0 Å². The van der Waals surface area contributed by atoms with Crippen molar-refractivity contribution in [2.75, 3.05) is 18.4 Å². The third-order valence-electron chi connectivity index (χ3n) is 5.95. The Morgan fingerprint density at radius 2 is 1.57 bits per heavy atom. The number of para-hydroxylation sites is 1. The van der Waals surface area contributed by atoms with E-state index in [2.05, 4.69) is 20.4 Å². The monoisotopic (exact) mass is 487 g/mol. The maximum Gasteiger partial charge on any atom is 0.242 e. The standard InChI is InChI=1S/C27H26FN5OS/c28-21-13-15-22(16-14-21)29-26(34)25(20-9-3-1-4-10-20)35-27-31-30-24(19-32-17-7-8-18-32)33(27)23-11-5-2-6-12-23/h1-6,9-16,25H,7-8,17-19H2,(H,29,34). The van der Waals surface area contributed by atoms with Crippen molar-refractivity contribution in [3.05, 3.63) is 102 Å². The number of aromatic nitrogens is 3. The summed E-state index contributed by atoms with van der Waals surface area (Å²) >= 11 is 1.36. The quantitative estimate of drug-likeness (QED) is 0.334. The van der Waals surface area contributed by atoms with Gasteiger partial charge in [-0.3, -0.25) is 14.3 Å². The fourth-order valence-electron chi connectivity index (χ4n) is 4.20. The first-order valence-corrected chi connectivity index (χ1v) is 12.6. The van der Waals surface area contributed by atoms with Crippen LogP contribution in [0.3, 0.4) is 0 Å². The predicted octanol–water partition coefficient (Wildman–Crippen LogP) is 5.47. The van der Waals surface area contributed by atoms with E-state index in [1.54, 1.807) is 12.1 Å². The van der Waals surface area contributed by atoms with E-state index in [9.17, 15) is 9.18 Å². The number of carbonyl (C=O) groups is 1. The van der Waals surface area contributed by atoms with Crippen molar-refractivity contribution >= 4 is 23.4 Å². The predicted molar refractivity (Wildman–Crippen MR) is 136 cm³/mol. The molecule has 1 fully saturated rings. The summed E-state index contributed by atoms with van der Waals surface area (Å²) in [5.41, 5.74) is 2.35. The van der Waals surface area contributed by atoms with E-state index in [0.717, 1.165) is 30.2 Å². The van der Waals surface area contributed by atoms with Crippen LogP contribution < -0.4 is 5.32 Å². The molecule has 178 valence electrons. The zero-order valence-corrected chi connectivity index (χ0v) is 20.0. The van der Waals surface area contributed by atoms with Crippen LogP contribution in [0.5, 0.6) is 0 Å². The number of anilines is 1. The van der Waals surface area contributed by atoms with Crippen molar-refractivity contribution in [1.82, 2.24) is 19.7 Å². The summed E-state index contributed by atoms with van der Waals surface area (Å²) in [7, 11) is 0. The van der Waals surface area contributed by atoms with E-state index < -0.39 is 5.25 Å². The van der Waals surface area contributed by atoms with Gasteiger partial charge < -0.3 is 5.32 Å². The lowest BCUT2D eigenvalue weighted by atomic mass is 10.1. The van der Waals surface area contributed by atoms with Gasteiger partial charge in [-0.05, 0) is 67.9 Å². The van der Waals surface area contributed by atoms with Crippen LogP contribution in [-0.2, 0) is 11.3 Å². The van der Waals surface area contributed by atoms with Crippen LogP contribution in [0.1, 0.15) is 29.5 Å². The number of thioether (sulfide) groups is 1. The molecule has 0 spiro atoms. The molecule has 8 heteroatoms. The summed E-state index contributed by atoms with van der Waals surface area (Å²) in [5.74, 6) is 0.293. The number of halogens is 1. The molecule has 3 aromatic carbocycles. The van der Waals surface area contributed by atoms with Gasteiger partial charge in [0.25, 0.3) is 0 Å². The smallest absolute Gasteiger partial charge is 0.242 e. The average Bonchev–Trinajstić information content (AvgIpc) is 3.55. The minimum absolute atomic E-state index is 0.212. The molecule has 1 amide bonds. The van der Waals surface area contributed by atoms with Crippen LogP contribution in [0.25, 0.3) is 5.69 Å². The molecule has 2 heterocycles. The highest BCUT2D eigenvalue weighted by Crippen LogP contribution is 2.37. The molecule has 35 heavy (non-hydrogen) atoms. The number of carbonyl (C=O) groups excluding carboxylic acids is 1. The van der Waals surface area contributed by atoms with Gasteiger partial charge in [0, 0.05) is 11.4 Å². The van der Waals surface area contributed by atoms with Gasteiger partial charge in [-0.1, -0.05) is 60.3 Å². The first-order valence-electron chi connectivity index (χ1n) is 11.7. The van der Waals surface area contributed by atoms with Gasteiger partial charge >= 0.3 is 0 Å². The summed E-state index contributed by atoms with van der Waals surface area (Å²) in [6.07, 6.45) is 2.39. The number of nitrogens with one attached hydrogen (secondary N) is 1. The molecule has 1 aromatic heterocycles. The maximum atomic E-state index is 13.4. The normalized spacial score (nSPS) is 14.7. The SMILES string of the molecule is O=C(Nc1ccc(F)cc1)C(Sc1nnc(CN2CCCC2)n1-c1ccccc1)c1ccccc1. The van der Waals surface area contributed by atoms with Crippen LogP contribution in [-0.4, -0.2) is 38.7 Å². The first-order chi connectivity index (χ1) is 17.2. The number of hydrogen-bond acceptors (Lipinski definition) is 5. The van der Waals surface area contributed by atoms with Crippen LogP contribution >= 0.6 is 11.8 Å². The lowest BCUT2D eigenvalue weighted by Gasteiger charge is -2.19. The number of likely N-dealkylation sites (tertiary alicyclic amines) is 1. The Bertz CT molecular complexity index is 1260. The van der Waals surface area contributed by atoms with Crippen LogP contribution in [0, 0.1) is 5.82 Å². The summed E-state index contributed by atoms with van der Waals surface area (Å²) in [6, 6.07) is 25.4. The van der Waals surface area contributed by atoms with Crippen molar-refractivity contribution in [3.8, 4) is 5.69 Å². The summed E-state index contributed by atoms with van der Waals surface area (Å²) in [4.78, 5) is 15.8. The van der Waals surface area contributed by atoms with E-state index in [1.165, 1.54) is 36.7 Å². The Morgan fingerprint density at radius 3 is 2.26 bits per heavy atom. The van der Waals surface area contributed by atoms with Crippen LogP contribution in [0.4, 0.5) is 10.1 Å². The highest BCUT2D eigenvalue weighted by atomic mass is 32.2. The number of nitrogens with zero attached hydrogens (tertiary/aromatic N) is 4. The molecule has 1 aliphatic rings. The highest BCUT2D eigenvalue weighted by Gasteiger charge is 2.27. The molecule has 1 N–H and O–H groups in total. The van der Waals surface area contributed by atoms with Gasteiger partial charge in [0.1, 0.15) is 11.1 Å².